The molecule has 0 spiro atoms. The molecule has 8 heteroatoms. The minimum Gasteiger partial charge on any atom is -0.379 e. The normalized spacial score (nSPS) is 22.7. The number of amides is 1. The lowest BCUT2D eigenvalue weighted by molar-refractivity contribution is -0.121. The van der Waals surface area contributed by atoms with E-state index in [9.17, 15) is 13.2 Å². The first-order chi connectivity index (χ1) is 9.37. The SMILES string of the molecule is CNS(=O)(=O)c1cccc(NC(=O)C2(N)CCOC2)c1. The van der Waals surface area contributed by atoms with E-state index < -0.39 is 15.6 Å². The number of rotatable bonds is 4. The maximum absolute atomic E-state index is 12.1. The fourth-order valence-electron chi connectivity index (χ4n) is 1.87. The minimum atomic E-state index is -3.55. The van der Waals surface area contributed by atoms with Crippen LogP contribution >= 0.6 is 0 Å². The molecule has 20 heavy (non-hydrogen) atoms. The van der Waals surface area contributed by atoms with Gasteiger partial charge in [-0.05, 0) is 31.7 Å². The van der Waals surface area contributed by atoms with Gasteiger partial charge in [-0.25, -0.2) is 13.1 Å². The summed E-state index contributed by atoms with van der Waals surface area (Å²) in [5, 5.41) is 2.62. The van der Waals surface area contributed by atoms with Crippen molar-refractivity contribution in [1.82, 2.24) is 4.72 Å². The van der Waals surface area contributed by atoms with E-state index in [1.807, 2.05) is 0 Å². The average molecular weight is 299 g/mol. The second-order valence-corrected chi connectivity index (χ2v) is 6.53. The summed E-state index contributed by atoms with van der Waals surface area (Å²) in [6.45, 7) is 0.603. The van der Waals surface area contributed by atoms with E-state index in [-0.39, 0.29) is 17.4 Å². The van der Waals surface area contributed by atoms with Crippen LogP contribution in [-0.4, -0.2) is 40.1 Å². The Morgan fingerprint density at radius 3 is 2.80 bits per heavy atom. The number of carbonyl (C=O) groups is 1. The van der Waals surface area contributed by atoms with Crippen molar-refractivity contribution >= 4 is 21.6 Å². The first-order valence-electron chi connectivity index (χ1n) is 6.09. The van der Waals surface area contributed by atoms with Gasteiger partial charge in [0.2, 0.25) is 15.9 Å². The fourth-order valence-corrected chi connectivity index (χ4v) is 2.65. The molecule has 0 radical (unpaired) electrons. The Labute approximate surface area is 117 Å². The second kappa shape index (κ2) is 5.49. The van der Waals surface area contributed by atoms with Crippen molar-refractivity contribution < 1.29 is 17.9 Å². The second-order valence-electron chi connectivity index (χ2n) is 4.65. The minimum absolute atomic E-state index is 0.0755. The first kappa shape index (κ1) is 14.9. The number of hydrogen-bond acceptors (Lipinski definition) is 5. The lowest BCUT2D eigenvalue weighted by Crippen LogP contribution is -2.51. The van der Waals surface area contributed by atoms with E-state index in [1.165, 1.54) is 19.2 Å². The molecular formula is C12H17N3O4S. The van der Waals surface area contributed by atoms with Crippen molar-refractivity contribution in [3.8, 4) is 0 Å². The van der Waals surface area contributed by atoms with E-state index >= 15 is 0 Å². The van der Waals surface area contributed by atoms with Crippen LogP contribution in [0.15, 0.2) is 29.2 Å². The lowest BCUT2D eigenvalue weighted by atomic mass is 9.99. The number of ether oxygens (including phenoxy) is 1. The highest BCUT2D eigenvalue weighted by atomic mass is 32.2. The van der Waals surface area contributed by atoms with Crippen LogP contribution in [0, 0.1) is 0 Å². The molecule has 7 nitrogen and oxygen atoms in total. The highest BCUT2D eigenvalue weighted by Crippen LogP contribution is 2.20. The number of nitrogens with one attached hydrogen (secondary N) is 2. The Hall–Kier alpha value is -1.48. The molecule has 0 saturated carbocycles. The molecule has 1 aliphatic heterocycles. The highest BCUT2D eigenvalue weighted by molar-refractivity contribution is 7.89. The van der Waals surface area contributed by atoms with E-state index in [2.05, 4.69) is 10.0 Å². The molecule has 1 unspecified atom stereocenters. The molecule has 110 valence electrons. The summed E-state index contributed by atoms with van der Waals surface area (Å²) in [5.41, 5.74) is 5.25. The molecule has 0 aromatic heterocycles. The molecular weight excluding hydrogens is 282 g/mol. The third-order valence-corrected chi connectivity index (χ3v) is 4.59. The van der Waals surface area contributed by atoms with Gasteiger partial charge in [-0.3, -0.25) is 4.79 Å². The Kier molecular flexibility index (Phi) is 4.09. The number of sulfonamides is 1. The van der Waals surface area contributed by atoms with Crippen molar-refractivity contribution in [3.05, 3.63) is 24.3 Å². The Morgan fingerprint density at radius 1 is 1.45 bits per heavy atom. The van der Waals surface area contributed by atoms with Crippen LogP contribution in [0.4, 0.5) is 5.69 Å². The number of carbonyl (C=O) groups excluding carboxylic acids is 1. The first-order valence-corrected chi connectivity index (χ1v) is 7.57. The van der Waals surface area contributed by atoms with Gasteiger partial charge in [-0.15, -0.1) is 0 Å². The van der Waals surface area contributed by atoms with Crippen LogP contribution in [0.1, 0.15) is 6.42 Å². The summed E-state index contributed by atoms with van der Waals surface area (Å²) in [5.74, 6) is -0.381. The molecule has 4 N–H and O–H groups in total. The number of nitrogens with two attached hydrogens (primary N) is 1. The molecule has 1 atom stereocenters. The monoisotopic (exact) mass is 299 g/mol. The van der Waals surface area contributed by atoms with Crippen LogP contribution in [0.5, 0.6) is 0 Å². The van der Waals surface area contributed by atoms with Gasteiger partial charge < -0.3 is 15.8 Å². The Bertz CT molecular complexity index is 609. The Morgan fingerprint density at radius 2 is 2.20 bits per heavy atom. The van der Waals surface area contributed by atoms with E-state index in [1.54, 1.807) is 12.1 Å². The summed E-state index contributed by atoms with van der Waals surface area (Å²) in [6, 6.07) is 5.97. The molecule has 1 heterocycles. The lowest BCUT2D eigenvalue weighted by Gasteiger charge is -2.20. The zero-order valence-corrected chi connectivity index (χ0v) is 11.9. The number of hydrogen-bond donors (Lipinski definition) is 3. The van der Waals surface area contributed by atoms with Gasteiger partial charge in [-0.2, -0.15) is 0 Å². The molecule has 0 aliphatic carbocycles. The zero-order valence-electron chi connectivity index (χ0n) is 11.0. The molecule has 1 amide bonds. The van der Waals surface area contributed by atoms with E-state index in [0.717, 1.165) is 0 Å². The molecule has 2 rings (SSSR count). The topological polar surface area (TPSA) is 111 Å². The molecule has 1 aliphatic rings. The summed E-state index contributed by atoms with van der Waals surface area (Å²) >= 11 is 0. The van der Waals surface area contributed by atoms with Crippen molar-refractivity contribution in [1.29, 1.82) is 0 Å². The predicted octanol–water partition coefficient (Wildman–Crippen LogP) is -0.349. The van der Waals surface area contributed by atoms with Crippen molar-refractivity contribution in [2.24, 2.45) is 5.73 Å². The maximum atomic E-state index is 12.1. The van der Waals surface area contributed by atoms with Gasteiger partial charge >= 0.3 is 0 Å². The third kappa shape index (κ3) is 2.98. The van der Waals surface area contributed by atoms with Gasteiger partial charge in [-0.1, -0.05) is 6.07 Å². The summed E-state index contributed by atoms with van der Waals surface area (Å²) < 4.78 is 30.7. The van der Waals surface area contributed by atoms with Gasteiger partial charge in [0, 0.05) is 12.3 Å². The van der Waals surface area contributed by atoms with Gasteiger partial charge in [0.15, 0.2) is 0 Å². The predicted molar refractivity (Wildman–Crippen MR) is 73.7 cm³/mol. The Balaban J connectivity index is 2.18. The van der Waals surface area contributed by atoms with Gasteiger partial charge in [0.05, 0.1) is 11.5 Å². The summed E-state index contributed by atoms with van der Waals surface area (Å²) in [7, 11) is -2.22. The molecule has 1 fully saturated rings. The fraction of sp³-hybridized carbons (Fsp3) is 0.417. The standard InChI is InChI=1S/C12H17N3O4S/c1-14-20(17,18)10-4-2-3-9(7-10)15-11(16)12(13)5-6-19-8-12/h2-4,7,14H,5-6,8,13H2,1H3,(H,15,16). The van der Waals surface area contributed by atoms with Crippen LogP contribution in [0.25, 0.3) is 0 Å². The summed E-state index contributed by atoms with van der Waals surface area (Å²) in [4.78, 5) is 12.2. The van der Waals surface area contributed by atoms with Gasteiger partial charge in [0.25, 0.3) is 0 Å². The molecule has 1 saturated heterocycles. The average Bonchev–Trinajstić information content (AvgIpc) is 2.87. The van der Waals surface area contributed by atoms with Crippen molar-refractivity contribution in [2.75, 3.05) is 25.6 Å². The van der Waals surface area contributed by atoms with Crippen LogP contribution in [0.2, 0.25) is 0 Å². The van der Waals surface area contributed by atoms with Crippen LogP contribution in [-0.2, 0) is 19.6 Å². The summed E-state index contributed by atoms with van der Waals surface area (Å²) in [6.07, 6.45) is 0.438. The largest absolute Gasteiger partial charge is 0.379 e. The molecule has 1 aromatic rings. The number of anilines is 1. The zero-order chi connectivity index (χ0) is 14.8. The quantitative estimate of drug-likeness (QED) is 0.704. The van der Waals surface area contributed by atoms with Crippen molar-refractivity contribution in [2.45, 2.75) is 16.9 Å². The molecule has 1 aromatic carbocycles. The van der Waals surface area contributed by atoms with Gasteiger partial charge in [0.1, 0.15) is 5.54 Å². The third-order valence-electron chi connectivity index (χ3n) is 3.18. The molecule has 0 bridgehead atoms. The number of benzene rings is 1. The van der Waals surface area contributed by atoms with Crippen LogP contribution in [0.3, 0.4) is 0 Å². The smallest absolute Gasteiger partial charge is 0.246 e. The van der Waals surface area contributed by atoms with Crippen molar-refractivity contribution in [3.63, 3.8) is 0 Å². The highest BCUT2D eigenvalue weighted by Gasteiger charge is 2.38. The van der Waals surface area contributed by atoms with E-state index in [0.29, 0.717) is 18.7 Å². The van der Waals surface area contributed by atoms with Crippen LogP contribution < -0.4 is 15.8 Å². The maximum Gasteiger partial charge on any atom is 0.246 e. The van der Waals surface area contributed by atoms with E-state index in [4.69, 9.17) is 10.5 Å².